The summed E-state index contributed by atoms with van der Waals surface area (Å²) < 4.78 is 0. The fourth-order valence-corrected chi connectivity index (χ4v) is 2.41. The predicted octanol–water partition coefficient (Wildman–Crippen LogP) is 2.62. The van der Waals surface area contributed by atoms with Gasteiger partial charge in [0, 0.05) is 6.04 Å². The van der Waals surface area contributed by atoms with E-state index in [1.54, 1.807) is 6.92 Å². The minimum absolute atomic E-state index is 0. The van der Waals surface area contributed by atoms with Crippen molar-refractivity contribution in [3.63, 3.8) is 0 Å². The SMILES string of the molecule is CC(CCC1CCCCC1)NC(=O)[C@H](C)N.Cl. The van der Waals surface area contributed by atoms with Crippen molar-refractivity contribution >= 4 is 18.3 Å². The Balaban J connectivity index is 0.00000256. The number of nitrogens with two attached hydrogens (primary N) is 1. The molecule has 3 nitrogen and oxygen atoms in total. The maximum absolute atomic E-state index is 11.4. The van der Waals surface area contributed by atoms with Gasteiger partial charge in [-0.05, 0) is 32.6 Å². The van der Waals surface area contributed by atoms with Crippen LogP contribution in [-0.4, -0.2) is 18.0 Å². The lowest BCUT2D eigenvalue weighted by atomic mass is 9.85. The zero-order valence-electron chi connectivity index (χ0n) is 11.1. The van der Waals surface area contributed by atoms with Crippen molar-refractivity contribution in [3.8, 4) is 0 Å². The Hall–Kier alpha value is -0.280. The van der Waals surface area contributed by atoms with Gasteiger partial charge in [0.2, 0.25) is 5.91 Å². The fraction of sp³-hybridized carbons (Fsp3) is 0.923. The van der Waals surface area contributed by atoms with Crippen molar-refractivity contribution in [1.29, 1.82) is 0 Å². The van der Waals surface area contributed by atoms with Crippen molar-refractivity contribution in [2.24, 2.45) is 11.7 Å². The fourth-order valence-electron chi connectivity index (χ4n) is 2.41. The van der Waals surface area contributed by atoms with E-state index in [-0.39, 0.29) is 24.4 Å². The number of hydrogen-bond acceptors (Lipinski definition) is 2. The van der Waals surface area contributed by atoms with Crippen molar-refractivity contribution in [2.75, 3.05) is 0 Å². The van der Waals surface area contributed by atoms with E-state index in [0.717, 1.165) is 12.3 Å². The van der Waals surface area contributed by atoms with E-state index in [9.17, 15) is 4.79 Å². The molecule has 1 fully saturated rings. The van der Waals surface area contributed by atoms with Gasteiger partial charge in [-0.2, -0.15) is 0 Å². The molecule has 4 heteroatoms. The van der Waals surface area contributed by atoms with Crippen LogP contribution in [0.25, 0.3) is 0 Å². The highest BCUT2D eigenvalue weighted by atomic mass is 35.5. The summed E-state index contributed by atoms with van der Waals surface area (Å²) in [6.45, 7) is 3.80. The minimum atomic E-state index is -0.392. The molecule has 0 aromatic heterocycles. The van der Waals surface area contributed by atoms with Gasteiger partial charge in [-0.25, -0.2) is 0 Å². The van der Waals surface area contributed by atoms with Crippen LogP contribution in [0.4, 0.5) is 0 Å². The minimum Gasteiger partial charge on any atom is -0.352 e. The summed E-state index contributed by atoms with van der Waals surface area (Å²) in [5.74, 6) is 0.861. The smallest absolute Gasteiger partial charge is 0.236 e. The highest BCUT2D eigenvalue weighted by Gasteiger charge is 2.16. The van der Waals surface area contributed by atoms with Gasteiger partial charge < -0.3 is 11.1 Å². The number of carbonyl (C=O) groups is 1. The lowest BCUT2D eigenvalue weighted by Crippen LogP contribution is -2.42. The molecule has 0 heterocycles. The molecule has 102 valence electrons. The molecule has 3 N–H and O–H groups in total. The standard InChI is InChI=1S/C13H26N2O.ClH/c1-10(15-13(16)11(2)14)8-9-12-6-4-3-5-7-12;/h10-12H,3-9,14H2,1-2H3,(H,15,16);1H/t10?,11-;/m0./s1. The maximum Gasteiger partial charge on any atom is 0.236 e. The zero-order valence-corrected chi connectivity index (χ0v) is 11.9. The highest BCUT2D eigenvalue weighted by molar-refractivity contribution is 5.85. The van der Waals surface area contributed by atoms with Crippen LogP contribution in [0, 0.1) is 5.92 Å². The van der Waals surface area contributed by atoms with Crippen LogP contribution < -0.4 is 11.1 Å². The third-order valence-electron chi connectivity index (χ3n) is 3.53. The first-order valence-corrected chi connectivity index (χ1v) is 6.65. The first-order chi connectivity index (χ1) is 7.59. The summed E-state index contributed by atoms with van der Waals surface area (Å²) in [6.07, 6.45) is 9.30. The van der Waals surface area contributed by atoms with Gasteiger partial charge >= 0.3 is 0 Å². The maximum atomic E-state index is 11.4. The first kappa shape index (κ1) is 16.7. The molecular formula is C13H27ClN2O. The molecule has 0 bridgehead atoms. The number of amides is 1. The number of hydrogen-bond donors (Lipinski definition) is 2. The van der Waals surface area contributed by atoms with Gasteiger partial charge in [0.1, 0.15) is 0 Å². The molecule has 17 heavy (non-hydrogen) atoms. The van der Waals surface area contributed by atoms with Crippen LogP contribution in [0.5, 0.6) is 0 Å². The van der Waals surface area contributed by atoms with E-state index in [0.29, 0.717) is 0 Å². The topological polar surface area (TPSA) is 55.1 Å². The highest BCUT2D eigenvalue weighted by Crippen LogP contribution is 2.27. The normalized spacial score (nSPS) is 20.2. The van der Waals surface area contributed by atoms with Crippen molar-refractivity contribution in [1.82, 2.24) is 5.32 Å². The number of rotatable bonds is 5. The van der Waals surface area contributed by atoms with E-state index in [1.807, 2.05) is 0 Å². The summed E-state index contributed by atoms with van der Waals surface area (Å²) in [7, 11) is 0. The summed E-state index contributed by atoms with van der Waals surface area (Å²) in [6, 6.07) is -0.127. The van der Waals surface area contributed by atoms with Gasteiger partial charge in [-0.1, -0.05) is 32.1 Å². The van der Waals surface area contributed by atoms with Crippen LogP contribution in [0.1, 0.15) is 58.8 Å². The number of carbonyl (C=O) groups excluding carboxylic acids is 1. The average Bonchev–Trinajstić information content (AvgIpc) is 2.27. The van der Waals surface area contributed by atoms with Crippen LogP contribution in [0.3, 0.4) is 0 Å². The molecule has 0 aliphatic heterocycles. The molecule has 0 radical (unpaired) electrons. The molecular weight excluding hydrogens is 236 g/mol. The van der Waals surface area contributed by atoms with Crippen molar-refractivity contribution < 1.29 is 4.79 Å². The Morgan fingerprint density at radius 3 is 2.41 bits per heavy atom. The lowest BCUT2D eigenvalue weighted by Gasteiger charge is -2.23. The van der Waals surface area contributed by atoms with Crippen molar-refractivity contribution in [3.05, 3.63) is 0 Å². The Bertz CT molecular complexity index is 215. The van der Waals surface area contributed by atoms with Gasteiger partial charge in [-0.15, -0.1) is 12.4 Å². The van der Waals surface area contributed by atoms with Gasteiger partial charge in [0.15, 0.2) is 0 Å². The predicted molar refractivity (Wildman–Crippen MR) is 74.3 cm³/mol. The largest absolute Gasteiger partial charge is 0.352 e. The molecule has 1 aliphatic rings. The summed E-state index contributed by atoms with van der Waals surface area (Å²) >= 11 is 0. The van der Waals surface area contributed by atoms with Gasteiger partial charge in [0.25, 0.3) is 0 Å². The van der Waals surface area contributed by atoms with E-state index in [2.05, 4.69) is 12.2 Å². The quantitative estimate of drug-likeness (QED) is 0.800. The zero-order chi connectivity index (χ0) is 12.0. The Kier molecular flexibility index (Phi) is 8.61. The summed E-state index contributed by atoms with van der Waals surface area (Å²) in [5.41, 5.74) is 5.51. The lowest BCUT2D eigenvalue weighted by molar-refractivity contribution is -0.122. The molecule has 1 amide bonds. The second kappa shape index (κ2) is 8.76. The van der Waals surface area contributed by atoms with Gasteiger partial charge in [-0.3, -0.25) is 4.79 Å². The van der Waals surface area contributed by atoms with Crippen LogP contribution in [-0.2, 0) is 4.79 Å². The molecule has 0 aromatic rings. The second-order valence-corrected chi connectivity index (χ2v) is 5.28. The van der Waals surface area contributed by atoms with E-state index in [1.165, 1.54) is 38.5 Å². The van der Waals surface area contributed by atoms with Crippen molar-refractivity contribution in [2.45, 2.75) is 70.9 Å². The number of halogens is 1. The molecule has 1 aliphatic carbocycles. The monoisotopic (exact) mass is 262 g/mol. The summed E-state index contributed by atoms with van der Waals surface area (Å²) in [4.78, 5) is 11.4. The van der Waals surface area contributed by atoms with Crippen LogP contribution >= 0.6 is 12.4 Å². The number of nitrogens with one attached hydrogen (secondary N) is 1. The van der Waals surface area contributed by atoms with E-state index in [4.69, 9.17) is 5.73 Å². The molecule has 1 rings (SSSR count). The van der Waals surface area contributed by atoms with Crippen LogP contribution in [0.2, 0.25) is 0 Å². The molecule has 0 spiro atoms. The van der Waals surface area contributed by atoms with E-state index >= 15 is 0 Å². The Morgan fingerprint density at radius 2 is 1.88 bits per heavy atom. The van der Waals surface area contributed by atoms with Gasteiger partial charge in [0.05, 0.1) is 6.04 Å². The third-order valence-corrected chi connectivity index (χ3v) is 3.53. The van der Waals surface area contributed by atoms with Crippen LogP contribution in [0.15, 0.2) is 0 Å². The molecule has 0 aromatic carbocycles. The molecule has 1 saturated carbocycles. The average molecular weight is 263 g/mol. The molecule has 2 atom stereocenters. The molecule has 0 saturated heterocycles. The Labute approximate surface area is 111 Å². The third kappa shape index (κ3) is 6.89. The molecule has 1 unspecified atom stereocenters. The first-order valence-electron chi connectivity index (χ1n) is 6.65. The Morgan fingerprint density at radius 1 is 1.29 bits per heavy atom. The van der Waals surface area contributed by atoms with E-state index < -0.39 is 6.04 Å². The summed E-state index contributed by atoms with van der Waals surface area (Å²) in [5, 5.41) is 2.95. The second-order valence-electron chi connectivity index (χ2n) is 5.28.